The summed E-state index contributed by atoms with van der Waals surface area (Å²) >= 11 is 4.33. The Labute approximate surface area is 116 Å². The number of hydrogen-bond donors (Lipinski definition) is 5. The minimum absolute atomic E-state index is 0.473. The molecular formula is C13H18O5S. The van der Waals surface area contributed by atoms with Crippen molar-refractivity contribution in [3.63, 3.8) is 0 Å². The predicted molar refractivity (Wildman–Crippen MR) is 71.8 cm³/mol. The highest BCUT2D eigenvalue weighted by molar-refractivity contribution is 7.81. The molecule has 1 aliphatic rings. The van der Waals surface area contributed by atoms with E-state index in [-0.39, 0.29) is 0 Å². The van der Waals surface area contributed by atoms with Crippen LogP contribution in [0.3, 0.4) is 0 Å². The lowest BCUT2D eigenvalue weighted by molar-refractivity contribution is -0.245. The Bertz CT molecular complexity index is 435. The summed E-state index contributed by atoms with van der Waals surface area (Å²) in [4.78, 5) is -1.47. The predicted octanol–water partition coefficient (Wildman–Crippen LogP) is -0.449. The number of aliphatic hydroxyl groups is 4. The molecule has 5 atom stereocenters. The van der Waals surface area contributed by atoms with Crippen molar-refractivity contribution in [1.82, 2.24) is 0 Å². The molecule has 0 unspecified atom stereocenters. The first kappa shape index (κ1) is 14.8. The molecule has 6 heteroatoms. The van der Waals surface area contributed by atoms with Crippen LogP contribution in [0, 0.1) is 6.92 Å². The normalized spacial score (nSPS) is 39.3. The third kappa shape index (κ3) is 2.52. The monoisotopic (exact) mass is 286 g/mol. The van der Waals surface area contributed by atoms with Crippen LogP contribution in [0.1, 0.15) is 11.1 Å². The van der Waals surface area contributed by atoms with Crippen LogP contribution in [0.15, 0.2) is 24.3 Å². The lowest BCUT2D eigenvalue weighted by atomic mass is 9.90. The van der Waals surface area contributed by atoms with Crippen LogP contribution in [0.4, 0.5) is 0 Å². The Balaban J connectivity index is 2.37. The summed E-state index contributed by atoms with van der Waals surface area (Å²) in [5.41, 5.74) is 1.59. The van der Waals surface area contributed by atoms with E-state index < -0.39 is 36.0 Å². The smallest absolute Gasteiger partial charge is 0.165 e. The second-order valence-electron chi connectivity index (χ2n) is 4.83. The van der Waals surface area contributed by atoms with Crippen molar-refractivity contribution in [2.45, 2.75) is 36.3 Å². The van der Waals surface area contributed by atoms with Crippen molar-refractivity contribution in [3.05, 3.63) is 35.4 Å². The topological polar surface area (TPSA) is 90.2 Å². The van der Waals surface area contributed by atoms with Gasteiger partial charge in [0.15, 0.2) is 4.93 Å². The van der Waals surface area contributed by atoms with Gasteiger partial charge in [-0.1, -0.05) is 29.8 Å². The second-order valence-corrected chi connectivity index (χ2v) is 5.49. The minimum Gasteiger partial charge on any atom is -0.394 e. The molecule has 0 aromatic heterocycles. The van der Waals surface area contributed by atoms with Gasteiger partial charge in [-0.15, -0.1) is 12.6 Å². The Kier molecular flexibility index (Phi) is 4.20. The molecule has 2 rings (SSSR count). The first-order chi connectivity index (χ1) is 8.90. The maximum absolute atomic E-state index is 10.1. The highest BCUT2D eigenvalue weighted by Crippen LogP contribution is 2.41. The molecule has 1 saturated heterocycles. The first-order valence-electron chi connectivity index (χ1n) is 6.02. The SMILES string of the molecule is Cc1ccc([C@@]2(S)O[C@H](CO)[C@@H](O)[C@H](O)[C@H]2O)cc1. The minimum atomic E-state index is -1.47. The van der Waals surface area contributed by atoms with Gasteiger partial charge in [0.1, 0.15) is 24.4 Å². The number of rotatable bonds is 2. The summed E-state index contributed by atoms with van der Waals surface area (Å²) < 4.78 is 5.50. The summed E-state index contributed by atoms with van der Waals surface area (Å²) in [6.45, 7) is 1.45. The Morgan fingerprint density at radius 3 is 2.26 bits per heavy atom. The van der Waals surface area contributed by atoms with Gasteiger partial charge in [-0.05, 0) is 12.5 Å². The molecule has 106 valence electrons. The van der Waals surface area contributed by atoms with Crippen molar-refractivity contribution >= 4 is 12.6 Å². The van der Waals surface area contributed by atoms with Gasteiger partial charge in [0.05, 0.1) is 6.61 Å². The summed E-state index contributed by atoms with van der Waals surface area (Å²) in [5, 5.41) is 38.8. The zero-order valence-corrected chi connectivity index (χ0v) is 11.4. The highest BCUT2D eigenvalue weighted by Gasteiger charge is 2.52. The summed E-state index contributed by atoms with van der Waals surface area (Å²) in [6, 6.07) is 7.11. The fourth-order valence-electron chi connectivity index (χ4n) is 2.18. The molecule has 4 N–H and O–H groups in total. The molecule has 1 aliphatic heterocycles. The highest BCUT2D eigenvalue weighted by atomic mass is 32.1. The standard InChI is InChI=1S/C13H18O5S/c1-7-2-4-8(5-3-7)13(19)12(17)11(16)10(15)9(6-14)18-13/h2-5,9-12,14-17,19H,6H2,1H3/t9-,10-,11+,12-,13+/m1/s1. The fourth-order valence-corrected chi connectivity index (χ4v) is 2.62. The van der Waals surface area contributed by atoms with E-state index in [9.17, 15) is 20.4 Å². The van der Waals surface area contributed by atoms with E-state index >= 15 is 0 Å². The molecule has 1 aromatic rings. The Morgan fingerprint density at radius 1 is 1.16 bits per heavy atom. The third-order valence-corrected chi connectivity index (χ3v) is 4.06. The zero-order valence-electron chi connectivity index (χ0n) is 10.5. The molecule has 19 heavy (non-hydrogen) atoms. The van der Waals surface area contributed by atoms with E-state index in [0.29, 0.717) is 5.56 Å². The van der Waals surface area contributed by atoms with Gasteiger partial charge in [-0.25, -0.2) is 0 Å². The van der Waals surface area contributed by atoms with E-state index in [2.05, 4.69) is 12.6 Å². The lowest BCUT2D eigenvalue weighted by Gasteiger charge is -2.46. The number of benzene rings is 1. The fraction of sp³-hybridized carbons (Fsp3) is 0.538. The van der Waals surface area contributed by atoms with Crippen molar-refractivity contribution < 1.29 is 25.2 Å². The molecule has 5 nitrogen and oxygen atoms in total. The Hall–Kier alpha value is -0.630. The van der Waals surface area contributed by atoms with Gasteiger partial charge in [0, 0.05) is 0 Å². The van der Waals surface area contributed by atoms with Crippen molar-refractivity contribution in [2.24, 2.45) is 0 Å². The lowest BCUT2D eigenvalue weighted by Crippen LogP contribution is -2.61. The summed E-state index contributed by atoms with van der Waals surface area (Å²) in [7, 11) is 0. The number of thiol groups is 1. The zero-order chi connectivity index (χ0) is 14.2. The Morgan fingerprint density at radius 2 is 1.74 bits per heavy atom. The van der Waals surface area contributed by atoms with Gasteiger partial charge < -0.3 is 25.2 Å². The van der Waals surface area contributed by atoms with E-state index in [0.717, 1.165) is 5.56 Å². The molecule has 0 amide bonds. The molecule has 0 saturated carbocycles. The van der Waals surface area contributed by atoms with E-state index in [1.807, 2.05) is 19.1 Å². The average molecular weight is 286 g/mol. The molecule has 0 aliphatic carbocycles. The quantitative estimate of drug-likeness (QED) is 0.475. The van der Waals surface area contributed by atoms with Crippen LogP contribution in [0.2, 0.25) is 0 Å². The van der Waals surface area contributed by atoms with Crippen molar-refractivity contribution in [1.29, 1.82) is 0 Å². The van der Waals surface area contributed by atoms with Gasteiger partial charge in [-0.3, -0.25) is 0 Å². The molecular weight excluding hydrogens is 268 g/mol. The van der Waals surface area contributed by atoms with Crippen LogP contribution < -0.4 is 0 Å². The number of aryl methyl sites for hydroxylation is 1. The largest absolute Gasteiger partial charge is 0.394 e. The van der Waals surface area contributed by atoms with Gasteiger partial charge in [0.25, 0.3) is 0 Å². The van der Waals surface area contributed by atoms with Gasteiger partial charge >= 0.3 is 0 Å². The molecule has 0 radical (unpaired) electrons. The molecule has 1 heterocycles. The summed E-state index contributed by atoms with van der Waals surface area (Å²) in [6.07, 6.45) is -5.20. The van der Waals surface area contributed by atoms with Gasteiger partial charge in [0.2, 0.25) is 0 Å². The van der Waals surface area contributed by atoms with E-state index in [4.69, 9.17) is 4.74 Å². The van der Waals surface area contributed by atoms with Crippen LogP contribution in [0.5, 0.6) is 0 Å². The van der Waals surface area contributed by atoms with E-state index in [1.54, 1.807) is 12.1 Å². The maximum atomic E-state index is 10.1. The van der Waals surface area contributed by atoms with Crippen molar-refractivity contribution in [3.8, 4) is 0 Å². The van der Waals surface area contributed by atoms with E-state index in [1.165, 1.54) is 0 Å². The van der Waals surface area contributed by atoms with Crippen molar-refractivity contribution in [2.75, 3.05) is 6.61 Å². The van der Waals surface area contributed by atoms with Crippen LogP contribution >= 0.6 is 12.6 Å². The van der Waals surface area contributed by atoms with Crippen LogP contribution in [0.25, 0.3) is 0 Å². The summed E-state index contributed by atoms with van der Waals surface area (Å²) in [5.74, 6) is 0. The number of aliphatic hydroxyl groups excluding tert-OH is 4. The molecule has 0 bridgehead atoms. The molecule has 1 aromatic carbocycles. The number of hydrogen-bond acceptors (Lipinski definition) is 6. The second kappa shape index (κ2) is 5.40. The maximum Gasteiger partial charge on any atom is 0.165 e. The number of ether oxygens (including phenoxy) is 1. The van der Waals surface area contributed by atoms with Crippen LogP contribution in [-0.2, 0) is 9.67 Å². The first-order valence-corrected chi connectivity index (χ1v) is 6.47. The average Bonchev–Trinajstić information content (AvgIpc) is 2.41. The van der Waals surface area contributed by atoms with Gasteiger partial charge in [-0.2, -0.15) is 0 Å². The van der Waals surface area contributed by atoms with Crippen LogP contribution in [-0.4, -0.2) is 51.4 Å². The molecule has 1 fully saturated rings. The third-order valence-electron chi connectivity index (χ3n) is 3.43. The molecule has 0 spiro atoms.